The standard InChI is InChI=1S/C20H13NO3S/c21-18-15(25-11-6-2-1-3-7-11)10-14(22)16-17(18)20(24)13-9-5-4-8-12(13)19(16)23/h1-10,22H,21H2. The van der Waals surface area contributed by atoms with E-state index >= 15 is 0 Å². The predicted octanol–water partition coefficient (Wildman–Crippen LogP) is 3.90. The van der Waals surface area contributed by atoms with Gasteiger partial charge in [0.2, 0.25) is 0 Å². The monoisotopic (exact) mass is 347 g/mol. The zero-order valence-corrected chi connectivity index (χ0v) is 13.8. The summed E-state index contributed by atoms with van der Waals surface area (Å²) in [4.78, 5) is 27.1. The second-order valence-electron chi connectivity index (χ2n) is 5.68. The van der Waals surface area contributed by atoms with Gasteiger partial charge in [-0.25, -0.2) is 0 Å². The molecule has 0 bridgehead atoms. The van der Waals surface area contributed by atoms with Crippen LogP contribution in [-0.2, 0) is 0 Å². The lowest BCUT2D eigenvalue weighted by molar-refractivity contribution is 0.0977. The summed E-state index contributed by atoms with van der Waals surface area (Å²) in [5.74, 6) is -0.949. The molecule has 0 saturated carbocycles. The molecule has 0 atom stereocenters. The highest BCUT2D eigenvalue weighted by molar-refractivity contribution is 7.99. The minimum Gasteiger partial charge on any atom is -0.507 e. The molecule has 3 N–H and O–H groups in total. The number of nitrogens with two attached hydrogens (primary N) is 1. The zero-order valence-electron chi connectivity index (χ0n) is 13.0. The minimum absolute atomic E-state index is 0.0152. The Kier molecular flexibility index (Phi) is 3.58. The van der Waals surface area contributed by atoms with Gasteiger partial charge in [-0.1, -0.05) is 54.2 Å². The Morgan fingerprint density at radius 3 is 2.00 bits per heavy atom. The lowest BCUT2D eigenvalue weighted by Gasteiger charge is -2.21. The normalized spacial score (nSPS) is 12.6. The lowest BCUT2D eigenvalue weighted by Crippen LogP contribution is -2.22. The molecular formula is C20H13NO3S. The molecule has 0 saturated heterocycles. The first kappa shape index (κ1) is 15.5. The Morgan fingerprint density at radius 1 is 0.800 bits per heavy atom. The van der Waals surface area contributed by atoms with Crippen LogP contribution in [0.5, 0.6) is 5.75 Å². The van der Waals surface area contributed by atoms with Crippen molar-refractivity contribution in [2.45, 2.75) is 9.79 Å². The molecule has 1 aliphatic carbocycles. The molecule has 4 nitrogen and oxygen atoms in total. The van der Waals surface area contributed by atoms with E-state index in [9.17, 15) is 14.7 Å². The van der Waals surface area contributed by atoms with Gasteiger partial charge in [0, 0.05) is 20.9 Å². The number of phenols is 1. The van der Waals surface area contributed by atoms with Gasteiger partial charge >= 0.3 is 0 Å². The number of benzene rings is 3. The van der Waals surface area contributed by atoms with Crippen LogP contribution in [0, 0.1) is 0 Å². The van der Waals surface area contributed by atoms with E-state index in [2.05, 4.69) is 0 Å². The summed E-state index contributed by atoms with van der Waals surface area (Å²) in [5.41, 5.74) is 7.12. The van der Waals surface area contributed by atoms with Gasteiger partial charge in [-0.3, -0.25) is 9.59 Å². The smallest absolute Gasteiger partial charge is 0.198 e. The molecular weight excluding hydrogens is 334 g/mol. The van der Waals surface area contributed by atoms with Gasteiger partial charge in [-0.15, -0.1) is 0 Å². The van der Waals surface area contributed by atoms with Gasteiger partial charge < -0.3 is 10.8 Å². The maximum atomic E-state index is 12.9. The van der Waals surface area contributed by atoms with Crippen LogP contribution in [0.1, 0.15) is 31.8 Å². The fourth-order valence-electron chi connectivity index (χ4n) is 2.97. The second kappa shape index (κ2) is 5.79. The Balaban J connectivity index is 1.90. The molecule has 0 aromatic heterocycles. The van der Waals surface area contributed by atoms with E-state index in [1.54, 1.807) is 24.3 Å². The number of phenolic OH excluding ortho intramolecular Hbond substituents is 1. The number of anilines is 1. The lowest BCUT2D eigenvalue weighted by atomic mass is 9.83. The number of rotatable bonds is 2. The van der Waals surface area contributed by atoms with Gasteiger partial charge in [-0.2, -0.15) is 0 Å². The summed E-state index contributed by atoms with van der Waals surface area (Å²) in [6.45, 7) is 0. The fraction of sp³-hybridized carbons (Fsp3) is 0. The van der Waals surface area contributed by atoms with E-state index in [1.807, 2.05) is 30.3 Å². The first-order chi connectivity index (χ1) is 12.1. The average molecular weight is 347 g/mol. The van der Waals surface area contributed by atoms with Crippen LogP contribution in [-0.4, -0.2) is 16.7 Å². The van der Waals surface area contributed by atoms with Crippen LogP contribution >= 0.6 is 11.8 Å². The van der Waals surface area contributed by atoms with E-state index < -0.39 is 0 Å². The van der Waals surface area contributed by atoms with Crippen LogP contribution in [0.4, 0.5) is 5.69 Å². The van der Waals surface area contributed by atoms with Crippen molar-refractivity contribution in [2.24, 2.45) is 0 Å². The van der Waals surface area contributed by atoms with E-state index in [0.717, 1.165) is 4.90 Å². The maximum Gasteiger partial charge on any atom is 0.198 e. The Morgan fingerprint density at radius 2 is 1.36 bits per heavy atom. The summed E-state index contributed by atoms with van der Waals surface area (Å²) < 4.78 is 0. The van der Waals surface area contributed by atoms with Crippen molar-refractivity contribution in [2.75, 3.05) is 5.73 Å². The van der Waals surface area contributed by atoms with Crippen LogP contribution in [0.15, 0.2) is 70.5 Å². The number of nitrogen functional groups attached to an aromatic ring is 1. The molecule has 0 radical (unpaired) electrons. The molecule has 4 rings (SSSR count). The van der Waals surface area contributed by atoms with E-state index in [-0.39, 0.29) is 39.7 Å². The zero-order chi connectivity index (χ0) is 17.6. The second-order valence-corrected chi connectivity index (χ2v) is 6.79. The van der Waals surface area contributed by atoms with Crippen molar-refractivity contribution < 1.29 is 14.7 Å². The van der Waals surface area contributed by atoms with Crippen LogP contribution in [0.3, 0.4) is 0 Å². The number of carbonyl (C=O) groups excluding carboxylic acids is 2. The molecule has 3 aromatic rings. The average Bonchev–Trinajstić information content (AvgIpc) is 2.63. The van der Waals surface area contributed by atoms with Gasteiger partial charge in [0.25, 0.3) is 0 Å². The molecule has 0 heterocycles. The molecule has 5 heteroatoms. The fourth-order valence-corrected chi connectivity index (χ4v) is 3.90. The Labute approximate surface area is 148 Å². The Hall–Kier alpha value is -3.05. The van der Waals surface area contributed by atoms with E-state index in [1.165, 1.54) is 17.8 Å². The minimum atomic E-state index is -0.384. The summed E-state index contributed by atoms with van der Waals surface area (Å²) >= 11 is 1.34. The van der Waals surface area contributed by atoms with Crippen molar-refractivity contribution in [1.82, 2.24) is 0 Å². The highest BCUT2D eigenvalue weighted by atomic mass is 32.2. The third-order valence-electron chi connectivity index (χ3n) is 4.15. The quantitative estimate of drug-likeness (QED) is 0.425. The topological polar surface area (TPSA) is 80.4 Å². The van der Waals surface area contributed by atoms with Gasteiger partial charge in [0.05, 0.1) is 16.8 Å². The number of aromatic hydroxyl groups is 1. The summed E-state index contributed by atoms with van der Waals surface area (Å²) in [7, 11) is 0. The van der Waals surface area contributed by atoms with Crippen molar-refractivity contribution in [3.8, 4) is 5.75 Å². The van der Waals surface area contributed by atoms with Gasteiger partial charge in [0.1, 0.15) is 5.75 Å². The van der Waals surface area contributed by atoms with Crippen molar-refractivity contribution in [3.63, 3.8) is 0 Å². The number of hydrogen-bond acceptors (Lipinski definition) is 5. The number of fused-ring (bicyclic) bond motifs is 2. The number of carbonyl (C=O) groups is 2. The molecule has 0 unspecified atom stereocenters. The van der Waals surface area contributed by atoms with Gasteiger partial charge in [0.15, 0.2) is 11.6 Å². The molecule has 25 heavy (non-hydrogen) atoms. The molecule has 0 spiro atoms. The predicted molar refractivity (Wildman–Crippen MR) is 96.4 cm³/mol. The first-order valence-electron chi connectivity index (χ1n) is 7.64. The summed E-state index contributed by atoms with van der Waals surface area (Å²) in [5, 5.41) is 10.4. The van der Waals surface area contributed by atoms with Crippen molar-refractivity contribution >= 4 is 29.0 Å². The molecule has 3 aromatic carbocycles. The third-order valence-corrected chi connectivity index (χ3v) is 5.22. The first-order valence-corrected chi connectivity index (χ1v) is 8.46. The highest BCUT2D eigenvalue weighted by Crippen LogP contribution is 2.43. The third kappa shape index (κ3) is 2.40. The van der Waals surface area contributed by atoms with Crippen LogP contribution < -0.4 is 5.73 Å². The highest BCUT2D eigenvalue weighted by Gasteiger charge is 2.34. The summed E-state index contributed by atoms with van der Waals surface area (Å²) in [6, 6.07) is 17.5. The molecule has 122 valence electrons. The van der Waals surface area contributed by atoms with Crippen LogP contribution in [0.2, 0.25) is 0 Å². The molecule has 0 amide bonds. The van der Waals surface area contributed by atoms with Crippen molar-refractivity contribution in [1.29, 1.82) is 0 Å². The number of hydrogen-bond donors (Lipinski definition) is 2. The van der Waals surface area contributed by atoms with E-state index in [4.69, 9.17) is 5.73 Å². The van der Waals surface area contributed by atoms with Crippen LogP contribution in [0.25, 0.3) is 0 Å². The SMILES string of the molecule is Nc1c(Sc2ccccc2)cc(O)c2c1C(=O)c1ccccc1C2=O. The van der Waals surface area contributed by atoms with Crippen molar-refractivity contribution in [3.05, 3.63) is 82.9 Å². The van der Waals surface area contributed by atoms with E-state index in [0.29, 0.717) is 10.5 Å². The Bertz CT molecular complexity index is 1030. The maximum absolute atomic E-state index is 12.9. The molecule has 0 fully saturated rings. The molecule has 1 aliphatic rings. The largest absolute Gasteiger partial charge is 0.507 e. The number of ketones is 2. The van der Waals surface area contributed by atoms with Gasteiger partial charge in [-0.05, 0) is 18.2 Å². The summed E-state index contributed by atoms with van der Waals surface area (Å²) in [6.07, 6.45) is 0. The molecule has 0 aliphatic heterocycles.